The van der Waals surface area contributed by atoms with Crippen molar-refractivity contribution in [2.24, 2.45) is 5.92 Å². The molecule has 0 unspecified atom stereocenters. The monoisotopic (exact) mass is 466 g/mol. The number of aromatic nitrogens is 3. The maximum Gasteiger partial charge on any atom is 0.251 e. The highest BCUT2D eigenvalue weighted by molar-refractivity contribution is 5.85. The lowest BCUT2D eigenvalue weighted by Crippen LogP contribution is -2.54. The lowest BCUT2D eigenvalue weighted by atomic mass is 9.79. The Morgan fingerprint density at radius 1 is 1.13 bits per heavy atom. The van der Waals surface area contributed by atoms with Crippen molar-refractivity contribution in [1.29, 1.82) is 0 Å². The summed E-state index contributed by atoms with van der Waals surface area (Å²) in [7, 11) is 0. The Morgan fingerprint density at radius 3 is 2.68 bits per heavy atom. The fourth-order valence-electron chi connectivity index (χ4n) is 5.12. The maximum absolute atomic E-state index is 13.3. The molecule has 10 heteroatoms. The minimum atomic E-state index is -0.430. The first-order valence-electron chi connectivity index (χ1n) is 10.4. The molecule has 0 saturated carbocycles. The van der Waals surface area contributed by atoms with Gasteiger partial charge in [0.2, 0.25) is 5.91 Å². The van der Waals surface area contributed by atoms with Crippen molar-refractivity contribution in [3.05, 3.63) is 52.8 Å². The van der Waals surface area contributed by atoms with Gasteiger partial charge in [-0.3, -0.25) is 19.1 Å². The molecule has 5 rings (SSSR count). The summed E-state index contributed by atoms with van der Waals surface area (Å²) in [6.45, 7) is 3.31. The first kappa shape index (κ1) is 23.5. The Hall–Kier alpha value is -2.16. The van der Waals surface area contributed by atoms with Crippen LogP contribution >= 0.6 is 24.8 Å². The number of piperidine rings is 2. The summed E-state index contributed by atoms with van der Waals surface area (Å²) in [6.07, 6.45) is 7.82. The maximum atomic E-state index is 13.3. The molecule has 5 heterocycles. The van der Waals surface area contributed by atoms with E-state index in [-0.39, 0.29) is 48.2 Å². The summed E-state index contributed by atoms with van der Waals surface area (Å²) in [4.78, 5) is 36.6. The summed E-state index contributed by atoms with van der Waals surface area (Å²) in [5, 5.41) is 6.69. The number of rotatable bonds is 3. The van der Waals surface area contributed by atoms with Crippen LogP contribution in [0.5, 0.6) is 0 Å². The average molecular weight is 467 g/mol. The number of carbonyl (C=O) groups is 1. The summed E-state index contributed by atoms with van der Waals surface area (Å²) >= 11 is 0. The third-order valence-corrected chi connectivity index (χ3v) is 6.53. The van der Waals surface area contributed by atoms with E-state index in [0.29, 0.717) is 5.92 Å². The zero-order valence-electron chi connectivity index (χ0n) is 17.1. The number of halogens is 2. The van der Waals surface area contributed by atoms with Crippen molar-refractivity contribution in [3.63, 3.8) is 0 Å². The summed E-state index contributed by atoms with van der Waals surface area (Å²) in [5.74, 6) is 1.32. The molecule has 8 nitrogen and oxygen atoms in total. The first-order valence-corrected chi connectivity index (χ1v) is 10.4. The van der Waals surface area contributed by atoms with E-state index in [1.807, 2.05) is 6.07 Å². The second kappa shape index (κ2) is 9.97. The smallest absolute Gasteiger partial charge is 0.251 e. The van der Waals surface area contributed by atoms with Gasteiger partial charge in [0.05, 0.1) is 6.20 Å². The normalized spacial score (nSPS) is 24.9. The van der Waals surface area contributed by atoms with E-state index in [1.165, 1.54) is 0 Å². The molecule has 168 valence electrons. The van der Waals surface area contributed by atoms with Crippen LogP contribution in [0.3, 0.4) is 0 Å². The van der Waals surface area contributed by atoms with Crippen molar-refractivity contribution in [2.75, 3.05) is 31.1 Å². The molecule has 0 spiro atoms. The Bertz CT molecular complexity index is 948. The Balaban J connectivity index is 0.00000136. The molecule has 0 radical (unpaired) electrons. The molecular formula is C21H28Cl2N6O2. The highest BCUT2D eigenvalue weighted by atomic mass is 35.5. The van der Waals surface area contributed by atoms with Crippen molar-refractivity contribution in [2.45, 2.75) is 37.3 Å². The van der Waals surface area contributed by atoms with Gasteiger partial charge in [0, 0.05) is 68.2 Å². The second-order valence-electron chi connectivity index (χ2n) is 8.29. The Kier molecular flexibility index (Phi) is 7.56. The lowest BCUT2D eigenvalue weighted by molar-refractivity contribution is -0.127. The molecule has 0 aliphatic carbocycles. The molecular weight excluding hydrogens is 439 g/mol. The second-order valence-corrected chi connectivity index (χ2v) is 8.29. The first-order chi connectivity index (χ1) is 14.2. The topological polar surface area (TPSA) is 92.2 Å². The highest BCUT2D eigenvalue weighted by Crippen LogP contribution is 2.38. The zero-order valence-corrected chi connectivity index (χ0v) is 18.8. The number of nitrogens with zero attached hydrogens (tertiary/aromatic N) is 4. The van der Waals surface area contributed by atoms with E-state index in [2.05, 4.69) is 25.5 Å². The number of nitrogens with one attached hydrogen (secondary N) is 2. The number of carbonyl (C=O) groups excluding carboxylic acids is 1. The number of fused-ring (bicyclic) bond motifs is 4. The standard InChI is InChI=1S/C21H26N6O2.2ClH/c28-19-3-1-2-17-14-10-15(12-23-11-14)20(27(17)19)21(29)25-16-4-8-26(9-5-16)18-13-22-6-7-24-18;;/h1-3,6-7,13-16,20,23H,4-5,8-12H2,(H,25,29);2*1H/t14-,15+,20-;;/m1../s1. The van der Waals surface area contributed by atoms with Crippen LogP contribution < -0.4 is 21.1 Å². The molecule has 2 aromatic heterocycles. The molecule has 2 bridgehead atoms. The average Bonchev–Trinajstić information content (AvgIpc) is 2.76. The van der Waals surface area contributed by atoms with Crippen molar-refractivity contribution in [1.82, 2.24) is 25.2 Å². The fraction of sp³-hybridized carbons (Fsp3) is 0.524. The van der Waals surface area contributed by atoms with Crippen molar-refractivity contribution < 1.29 is 4.79 Å². The molecule has 3 aliphatic rings. The quantitative estimate of drug-likeness (QED) is 0.712. The Morgan fingerprint density at radius 2 is 1.94 bits per heavy atom. The molecule has 2 aromatic rings. The van der Waals surface area contributed by atoms with E-state index in [1.54, 1.807) is 35.3 Å². The Labute approximate surface area is 193 Å². The molecule has 2 fully saturated rings. The predicted molar refractivity (Wildman–Crippen MR) is 123 cm³/mol. The number of pyridine rings is 1. The van der Waals surface area contributed by atoms with Gasteiger partial charge in [-0.15, -0.1) is 24.8 Å². The summed E-state index contributed by atoms with van der Waals surface area (Å²) < 4.78 is 1.75. The van der Waals surface area contributed by atoms with Gasteiger partial charge in [-0.2, -0.15) is 0 Å². The van der Waals surface area contributed by atoms with E-state index in [9.17, 15) is 9.59 Å². The van der Waals surface area contributed by atoms with Crippen LogP contribution in [0.15, 0.2) is 41.6 Å². The van der Waals surface area contributed by atoms with Gasteiger partial charge < -0.3 is 15.5 Å². The van der Waals surface area contributed by atoms with Gasteiger partial charge in [0.1, 0.15) is 11.9 Å². The molecule has 3 aliphatic heterocycles. The van der Waals surface area contributed by atoms with E-state index >= 15 is 0 Å². The number of hydrogen-bond donors (Lipinski definition) is 2. The minimum absolute atomic E-state index is 0. The van der Waals surface area contributed by atoms with Crippen LogP contribution in [0.4, 0.5) is 5.82 Å². The fourth-order valence-corrected chi connectivity index (χ4v) is 5.12. The molecule has 1 amide bonds. The molecule has 31 heavy (non-hydrogen) atoms. The van der Waals surface area contributed by atoms with Gasteiger partial charge in [-0.25, -0.2) is 4.98 Å². The van der Waals surface area contributed by atoms with Crippen LogP contribution in [0.2, 0.25) is 0 Å². The van der Waals surface area contributed by atoms with Crippen LogP contribution in [0, 0.1) is 5.92 Å². The van der Waals surface area contributed by atoms with Gasteiger partial charge >= 0.3 is 0 Å². The van der Waals surface area contributed by atoms with Gasteiger partial charge in [-0.1, -0.05) is 6.07 Å². The van der Waals surface area contributed by atoms with E-state index < -0.39 is 6.04 Å². The van der Waals surface area contributed by atoms with Crippen molar-refractivity contribution in [3.8, 4) is 0 Å². The van der Waals surface area contributed by atoms with Gasteiger partial charge in [-0.05, 0) is 25.3 Å². The van der Waals surface area contributed by atoms with E-state index in [0.717, 1.165) is 57.0 Å². The van der Waals surface area contributed by atoms with E-state index in [4.69, 9.17) is 0 Å². The highest BCUT2D eigenvalue weighted by Gasteiger charge is 2.42. The molecule has 3 atom stereocenters. The number of amides is 1. The largest absolute Gasteiger partial charge is 0.355 e. The number of hydrogen-bond acceptors (Lipinski definition) is 6. The molecule has 2 saturated heterocycles. The third kappa shape index (κ3) is 4.56. The third-order valence-electron chi connectivity index (χ3n) is 6.53. The summed E-state index contributed by atoms with van der Waals surface area (Å²) in [6, 6.07) is 5.06. The predicted octanol–water partition coefficient (Wildman–Crippen LogP) is 1.51. The molecule has 2 N–H and O–H groups in total. The SMILES string of the molecule is Cl.Cl.O=C(NC1CCN(c2cnccn2)CC1)[C@H]1[C@@H]2CNC[C@@H](C2)c2cccc(=O)n21. The zero-order chi connectivity index (χ0) is 19.8. The lowest BCUT2D eigenvalue weighted by Gasteiger charge is -2.43. The van der Waals surface area contributed by atoms with Crippen LogP contribution in [-0.4, -0.2) is 52.7 Å². The van der Waals surface area contributed by atoms with Gasteiger partial charge in [0.15, 0.2) is 0 Å². The minimum Gasteiger partial charge on any atom is -0.355 e. The van der Waals surface area contributed by atoms with Crippen LogP contribution in [0.1, 0.15) is 36.9 Å². The number of anilines is 1. The van der Waals surface area contributed by atoms with Crippen LogP contribution in [-0.2, 0) is 4.79 Å². The molecule has 0 aromatic carbocycles. The van der Waals surface area contributed by atoms with Crippen LogP contribution in [0.25, 0.3) is 0 Å². The summed E-state index contributed by atoms with van der Waals surface area (Å²) in [5.41, 5.74) is 0.912. The van der Waals surface area contributed by atoms with Gasteiger partial charge in [0.25, 0.3) is 5.56 Å². The van der Waals surface area contributed by atoms with Crippen molar-refractivity contribution >= 4 is 36.5 Å².